The van der Waals surface area contributed by atoms with Crippen molar-refractivity contribution in [3.05, 3.63) is 23.9 Å². The standard InChI is InChI=1S/C13H16F3N3O3/c1-21-6-5-17-12(20)19-7-9(8-19)22-11-4-2-3-10(18-11)13(14,15)16/h2-4,9H,5-8H2,1H3,(H,17,20). The SMILES string of the molecule is COCCNC(=O)N1CC(Oc2cccc(C(F)(F)F)n2)C1. The molecule has 1 N–H and O–H groups in total. The number of aromatic nitrogens is 1. The van der Waals surface area contributed by atoms with Gasteiger partial charge in [0.1, 0.15) is 11.8 Å². The van der Waals surface area contributed by atoms with E-state index in [1.807, 2.05) is 0 Å². The van der Waals surface area contributed by atoms with Crippen molar-refractivity contribution in [1.29, 1.82) is 0 Å². The van der Waals surface area contributed by atoms with Crippen LogP contribution in [-0.4, -0.2) is 55.4 Å². The van der Waals surface area contributed by atoms with Crippen molar-refractivity contribution in [2.24, 2.45) is 0 Å². The van der Waals surface area contributed by atoms with Crippen LogP contribution < -0.4 is 10.1 Å². The quantitative estimate of drug-likeness (QED) is 0.836. The number of urea groups is 1. The molecule has 9 heteroatoms. The second kappa shape index (κ2) is 6.82. The number of alkyl halides is 3. The third-order valence-electron chi connectivity index (χ3n) is 3.02. The van der Waals surface area contributed by atoms with E-state index in [0.29, 0.717) is 26.2 Å². The van der Waals surface area contributed by atoms with E-state index in [-0.39, 0.29) is 18.0 Å². The van der Waals surface area contributed by atoms with E-state index in [9.17, 15) is 18.0 Å². The van der Waals surface area contributed by atoms with Crippen LogP contribution in [0.1, 0.15) is 5.69 Å². The maximum absolute atomic E-state index is 12.5. The summed E-state index contributed by atoms with van der Waals surface area (Å²) in [7, 11) is 1.53. The lowest BCUT2D eigenvalue weighted by Gasteiger charge is -2.38. The van der Waals surface area contributed by atoms with E-state index in [4.69, 9.17) is 9.47 Å². The van der Waals surface area contributed by atoms with Gasteiger partial charge in [0.2, 0.25) is 5.88 Å². The average molecular weight is 319 g/mol. The third-order valence-corrected chi connectivity index (χ3v) is 3.02. The van der Waals surface area contributed by atoms with Crippen LogP contribution in [0.15, 0.2) is 18.2 Å². The molecule has 0 radical (unpaired) electrons. The summed E-state index contributed by atoms with van der Waals surface area (Å²) >= 11 is 0. The number of methoxy groups -OCH3 is 1. The van der Waals surface area contributed by atoms with Gasteiger partial charge < -0.3 is 19.7 Å². The van der Waals surface area contributed by atoms with Crippen molar-refractivity contribution in [2.75, 3.05) is 33.4 Å². The predicted molar refractivity (Wildman–Crippen MR) is 70.5 cm³/mol. The number of pyridine rings is 1. The Morgan fingerprint density at radius 3 is 2.82 bits per heavy atom. The first-order valence-electron chi connectivity index (χ1n) is 6.63. The third kappa shape index (κ3) is 4.23. The Balaban J connectivity index is 1.79. The lowest BCUT2D eigenvalue weighted by Crippen LogP contribution is -2.59. The van der Waals surface area contributed by atoms with Crippen molar-refractivity contribution >= 4 is 6.03 Å². The molecule has 1 fully saturated rings. The number of rotatable bonds is 5. The van der Waals surface area contributed by atoms with Crippen LogP contribution in [0, 0.1) is 0 Å². The smallest absolute Gasteiger partial charge is 0.433 e. The van der Waals surface area contributed by atoms with Gasteiger partial charge in [-0.2, -0.15) is 13.2 Å². The first-order valence-corrected chi connectivity index (χ1v) is 6.63. The van der Waals surface area contributed by atoms with Gasteiger partial charge in [-0.05, 0) is 6.07 Å². The molecule has 0 saturated carbocycles. The highest BCUT2D eigenvalue weighted by Gasteiger charge is 2.35. The van der Waals surface area contributed by atoms with Gasteiger partial charge in [-0.3, -0.25) is 0 Å². The molecule has 0 unspecified atom stereocenters. The minimum atomic E-state index is -4.51. The molecule has 6 nitrogen and oxygen atoms in total. The van der Waals surface area contributed by atoms with Gasteiger partial charge >= 0.3 is 12.2 Å². The van der Waals surface area contributed by atoms with E-state index in [1.54, 1.807) is 0 Å². The van der Waals surface area contributed by atoms with Crippen LogP contribution in [0.2, 0.25) is 0 Å². The van der Waals surface area contributed by atoms with E-state index >= 15 is 0 Å². The summed E-state index contributed by atoms with van der Waals surface area (Å²) in [4.78, 5) is 16.5. The second-order valence-electron chi connectivity index (χ2n) is 4.73. The van der Waals surface area contributed by atoms with Crippen molar-refractivity contribution < 1.29 is 27.4 Å². The van der Waals surface area contributed by atoms with Crippen LogP contribution >= 0.6 is 0 Å². The molecule has 22 heavy (non-hydrogen) atoms. The number of ether oxygens (including phenoxy) is 2. The van der Waals surface area contributed by atoms with E-state index in [0.717, 1.165) is 6.07 Å². The lowest BCUT2D eigenvalue weighted by molar-refractivity contribution is -0.141. The molecule has 0 aromatic carbocycles. The van der Waals surface area contributed by atoms with Crippen molar-refractivity contribution in [2.45, 2.75) is 12.3 Å². The van der Waals surface area contributed by atoms with Crippen LogP contribution in [0.3, 0.4) is 0 Å². The number of halogens is 3. The number of carbonyl (C=O) groups excluding carboxylic acids is 1. The topological polar surface area (TPSA) is 63.7 Å². The Morgan fingerprint density at radius 2 is 2.18 bits per heavy atom. The minimum Gasteiger partial charge on any atom is -0.471 e. The van der Waals surface area contributed by atoms with E-state index in [2.05, 4.69) is 10.3 Å². The van der Waals surface area contributed by atoms with Gasteiger partial charge in [-0.1, -0.05) is 6.07 Å². The summed E-state index contributed by atoms with van der Waals surface area (Å²) in [6.45, 7) is 1.41. The molecule has 2 rings (SSSR count). The summed E-state index contributed by atoms with van der Waals surface area (Å²) < 4.78 is 47.7. The molecule has 0 aliphatic carbocycles. The molecule has 1 aliphatic heterocycles. The molecule has 0 spiro atoms. The average Bonchev–Trinajstić information content (AvgIpc) is 2.42. The largest absolute Gasteiger partial charge is 0.471 e. The first kappa shape index (κ1) is 16.3. The molecule has 1 aromatic heterocycles. The zero-order valence-electron chi connectivity index (χ0n) is 11.9. The number of nitrogens with one attached hydrogen (secondary N) is 1. The maximum atomic E-state index is 12.5. The molecular formula is C13H16F3N3O3. The van der Waals surface area contributed by atoms with Crippen LogP contribution in [0.4, 0.5) is 18.0 Å². The van der Waals surface area contributed by atoms with Crippen LogP contribution in [0.5, 0.6) is 5.88 Å². The fourth-order valence-electron chi connectivity index (χ4n) is 1.86. The fourth-order valence-corrected chi connectivity index (χ4v) is 1.86. The van der Waals surface area contributed by atoms with Gasteiger partial charge in [-0.15, -0.1) is 0 Å². The van der Waals surface area contributed by atoms with Gasteiger partial charge in [-0.25, -0.2) is 9.78 Å². The number of hydrogen-bond donors (Lipinski definition) is 1. The molecule has 2 heterocycles. The molecular weight excluding hydrogens is 303 g/mol. The number of nitrogens with zero attached hydrogens (tertiary/aromatic N) is 2. The minimum absolute atomic E-state index is 0.0979. The molecule has 1 saturated heterocycles. The molecule has 1 aromatic rings. The van der Waals surface area contributed by atoms with E-state index in [1.165, 1.54) is 24.1 Å². The van der Waals surface area contributed by atoms with Crippen LogP contribution in [0.25, 0.3) is 0 Å². The summed E-state index contributed by atoms with van der Waals surface area (Å²) in [6.07, 6.45) is -4.86. The highest BCUT2D eigenvalue weighted by molar-refractivity contribution is 5.75. The summed E-state index contributed by atoms with van der Waals surface area (Å²) in [5, 5.41) is 2.64. The molecule has 0 bridgehead atoms. The van der Waals surface area contributed by atoms with Crippen molar-refractivity contribution in [3.63, 3.8) is 0 Å². The Bertz CT molecular complexity index is 519. The van der Waals surface area contributed by atoms with Crippen molar-refractivity contribution in [1.82, 2.24) is 15.2 Å². The Kier molecular flexibility index (Phi) is 5.07. The molecule has 1 aliphatic rings. The number of hydrogen-bond acceptors (Lipinski definition) is 4. The van der Waals surface area contributed by atoms with Crippen molar-refractivity contribution in [3.8, 4) is 5.88 Å². The molecule has 0 atom stereocenters. The van der Waals surface area contributed by atoms with Gasteiger partial charge in [0.05, 0.1) is 19.7 Å². The second-order valence-corrected chi connectivity index (χ2v) is 4.73. The lowest BCUT2D eigenvalue weighted by atomic mass is 10.2. The Labute approximate surface area is 125 Å². The summed E-state index contributed by atoms with van der Waals surface area (Å²) in [6, 6.07) is 3.22. The fraction of sp³-hybridized carbons (Fsp3) is 0.538. The Morgan fingerprint density at radius 1 is 1.45 bits per heavy atom. The van der Waals surface area contributed by atoms with Crippen LogP contribution in [-0.2, 0) is 10.9 Å². The summed E-state index contributed by atoms with van der Waals surface area (Å²) in [5.41, 5.74) is -1.00. The van der Waals surface area contributed by atoms with Gasteiger partial charge in [0, 0.05) is 19.7 Å². The predicted octanol–water partition coefficient (Wildman–Crippen LogP) is 1.52. The number of carbonyl (C=O) groups is 1. The van der Waals surface area contributed by atoms with Gasteiger partial charge in [0.15, 0.2) is 0 Å². The van der Waals surface area contributed by atoms with Gasteiger partial charge in [0.25, 0.3) is 0 Å². The first-order chi connectivity index (χ1) is 10.4. The molecule has 122 valence electrons. The van der Waals surface area contributed by atoms with E-state index < -0.39 is 11.9 Å². The normalized spacial score (nSPS) is 15.4. The zero-order chi connectivity index (χ0) is 16.2. The zero-order valence-corrected chi connectivity index (χ0v) is 11.9. The highest BCUT2D eigenvalue weighted by Crippen LogP contribution is 2.29. The number of likely N-dealkylation sites (tertiary alicyclic amines) is 1. The number of amides is 2. The highest BCUT2D eigenvalue weighted by atomic mass is 19.4. The Hall–Kier alpha value is -2.03. The summed E-state index contributed by atoms with van der Waals surface area (Å²) in [5.74, 6) is -0.0979. The monoisotopic (exact) mass is 319 g/mol. The molecule has 2 amide bonds. The maximum Gasteiger partial charge on any atom is 0.433 e.